The zero-order valence-corrected chi connectivity index (χ0v) is 9.66. The van der Waals surface area contributed by atoms with E-state index < -0.39 is 0 Å². The number of hydrogen-bond donors (Lipinski definition) is 3. The van der Waals surface area contributed by atoms with Gasteiger partial charge in [0, 0.05) is 18.7 Å². The molecule has 0 bridgehead atoms. The zero-order valence-electron chi connectivity index (χ0n) is 9.66. The van der Waals surface area contributed by atoms with Crippen molar-refractivity contribution < 1.29 is 0 Å². The van der Waals surface area contributed by atoms with Gasteiger partial charge in [0.25, 0.3) is 0 Å². The smallest absolute Gasteiger partial charge is 0.223 e. The largest absolute Gasteiger partial charge is 0.370 e. The second kappa shape index (κ2) is 5.01. The Bertz CT molecular complexity index is 346. The summed E-state index contributed by atoms with van der Waals surface area (Å²) >= 11 is 0. The molecule has 4 N–H and O–H groups in total. The van der Waals surface area contributed by atoms with Gasteiger partial charge in [0.2, 0.25) is 5.95 Å². The maximum Gasteiger partial charge on any atom is 0.223 e. The molecule has 0 aromatic carbocycles. The van der Waals surface area contributed by atoms with Crippen LogP contribution in [0.3, 0.4) is 0 Å². The van der Waals surface area contributed by atoms with E-state index in [0.29, 0.717) is 12.0 Å². The number of rotatable bonds is 4. The van der Waals surface area contributed by atoms with Gasteiger partial charge in [-0.2, -0.15) is 9.97 Å². The van der Waals surface area contributed by atoms with Gasteiger partial charge in [-0.25, -0.2) is 0 Å². The van der Waals surface area contributed by atoms with Crippen molar-refractivity contribution in [2.75, 3.05) is 22.9 Å². The van der Waals surface area contributed by atoms with Crippen LogP contribution in [0.2, 0.25) is 0 Å². The van der Waals surface area contributed by atoms with E-state index in [4.69, 9.17) is 5.73 Å². The minimum absolute atomic E-state index is 0.318. The number of hydrogen-bond acceptors (Lipinski definition) is 5. The average Bonchev–Trinajstić information content (AvgIpc) is 2.70. The second-order valence-corrected chi connectivity index (χ2v) is 4.15. The van der Waals surface area contributed by atoms with E-state index in [0.717, 1.165) is 18.2 Å². The zero-order chi connectivity index (χ0) is 11.4. The Morgan fingerprint density at radius 1 is 1.31 bits per heavy atom. The fraction of sp³-hybridized carbons (Fsp3) is 0.636. The van der Waals surface area contributed by atoms with Crippen molar-refractivity contribution in [3.8, 4) is 0 Å². The summed E-state index contributed by atoms with van der Waals surface area (Å²) in [6.45, 7) is 2.86. The van der Waals surface area contributed by atoms with Gasteiger partial charge in [-0.1, -0.05) is 12.8 Å². The molecule has 1 aliphatic rings. The fourth-order valence-electron chi connectivity index (χ4n) is 2.09. The predicted octanol–water partition coefficient (Wildman–Crippen LogP) is 1.85. The summed E-state index contributed by atoms with van der Waals surface area (Å²) in [4.78, 5) is 8.31. The van der Waals surface area contributed by atoms with Crippen molar-refractivity contribution in [1.29, 1.82) is 0 Å². The maximum atomic E-state index is 5.66. The monoisotopic (exact) mass is 221 g/mol. The average molecular weight is 221 g/mol. The molecule has 1 saturated carbocycles. The van der Waals surface area contributed by atoms with E-state index in [-0.39, 0.29) is 0 Å². The number of nitrogens with zero attached hydrogens (tertiary/aromatic N) is 2. The predicted molar refractivity (Wildman–Crippen MR) is 66.5 cm³/mol. The van der Waals surface area contributed by atoms with E-state index in [9.17, 15) is 0 Å². The molecule has 5 nitrogen and oxygen atoms in total. The summed E-state index contributed by atoms with van der Waals surface area (Å²) in [5.74, 6) is 1.93. The molecule has 5 heteroatoms. The third-order valence-electron chi connectivity index (χ3n) is 2.81. The SMILES string of the molecule is CCNc1cc(NC2CCCC2)nc(N)n1. The van der Waals surface area contributed by atoms with Crippen LogP contribution in [-0.4, -0.2) is 22.6 Å². The third-order valence-corrected chi connectivity index (χ3v) is 2.81. The summed E-state index contributed by atoms with van der Waals surface area (Å²) in [6, 6.07) is 2.46. The van der Waals surface area contributed by atoms with Crippen LogP contribution in [0, 0.1) is 0 Å². The van der Waals surface area contributed by atoms with E-state index in [1.54, 1.807) is 0 Å². The summed E-state index contributed by atoms with van der Waals surface area (Å²) < 4.78 is 0. The highest BCUT2D eigenvalue weighted by Gasteiger charge is 2.15. The Morgan fingerprint density at radius 2 is 2.00 bits per heavy atom. The topological polar surface area (TPSA) is 75.9 Å². The summed E-state index contributed by atoms with van der Waals surface area (Å²) in [5, 5.41) is 6.55. The molecule has 1 heterocycles. The number of aromatic nitrogens is 2. The van der Waals surface area contributed by atoms with Gasteiger partial charge in [0.05, 0.1) is 0 Å². The van der Waals surface area contributed by atoms with Crippen molar-refractivity contribution in [1.82, 2.24) is 9.97 Å². The van der Waals surface area contributed by atoms with Crippen LogP contribution in [0.4, 0.5) is 17.6 Å². The molecule has 0 aliphatic heterocycles. The lowest BCUT2D eigenvalue weighted by Crippen LogP contribution is -2.16. The van der Waals surface area contributed by atoms with Crippen LogP contribution < -0.4 is 16.4 Å². The molecule has 2 rings (SSSR count). The van der Waals surface area contributed by atoms with Crippen molar-refractivity contribution in [3.05, 3.63) is 6.07 Å². The molecule has 1 aromatic rings. The van der Waals surface area contributed by atoms with Gasteiger partial charge in [-0.05, 0) is 19.8 Å². The first-order valence-corrected chi connectivity index (χ1v) is 5.93. The molecule has 0 atom stereocenters. The Balaban J connectivity index is 2.06. The quantitative estimate of drug-likeness (QED) is 0.723. The Labute approximate surface area is 95.9 Å². The van der Waals surface area contributed by atoms with Crippen molar-refractivity contribution in [2.45, 2.75) is 38.6 Å². The van der Waals surface area contributed by atoms with Gasteiger partial charge >= 0.3 is 0 Å². The minimum atomic E-state index is 0.318. The Kier molecular flexibility index (Phi) is 3.44. The summed E-state index contributed by atoms with van der Waals surface area (Å²) in [5.41, 5.74) is 5.66. The van der Waals surface area contributed by atoms with E-state index >= 15 is 0 Å². The lowest BCUT2D eigenvalue weighted by molar-refractivity contribution is 0.750. The minimum Gasteiger partial charge on any atom is -0.370 e. The molecule has 1 fully saturated rings. The second-order valence-electron chi connectivity index (χ2n) is 4.15. The first-order chi connectivity index (χ1) is 7.78. The highest BCUT2D eigenvalue weighted by Crippen LogP contribution is 2.22. The molecule has 0 saturated heterocycles. The molecule has 0 spiro atoms. The van der Waals surface area contributed by atoms with Gasteiger partial charge in [0.15, 0.2) is 0 Å². The molecule has 16 heavy (non-hydrogen) atoms. The van der Waals surface area contributed by atoms with Crippen LogP contribution in [0.1, 0.15) is 32.6 Å². The Morgan fingerprint density at radius 3 is 2.69 bits per heavy atom. The van der Waals surface area contributed by atoms with Gasteiger partial charge in [-0.15, -0.1) is 0 Å². The Hall–Kier alpha value is -1.52. The number of nitrogens with one attached hydrogen (secondary N) is 2. The highest BCUT2D eigenvalue weighted by molar-refractivity contribution is 5.51. The van der Waals surface area contributed by atoms with Crippen LogP contribution in [0.15, 0.2) is 6.07 Å². The number of nitrogens with two attached hydrogens (primary N) is 1. The summed E-state index contributed by atoms with van der Waals surface area (Å²) in [7, 11) is 0. The molecule has 0 amide bonds. The van der Waals surface area contributed by atoms with E-state index in [1.807, 2.05) is 13.0 Å². The fourth-order valence-corrected chi connectivity index (χ4v) is 2.09. The van der Waals surface area contributed by atoms with Crippen LogP contribution in [0.25, 0.3) is 0 Å². The molecular formula is C11H19N5. The van der Waals surface area contributed by atoms with Crippen LogP contribution >= 0.6 is 0 Å². The first kappa shape index (κ1) is 11.0. The number of nitrogen functional groups attached to an aromatic ring is 1. The van der Waals surface area contributed by atoms with Crippen molar-refractivity contribution in [2.24, 2.45) is 0 Å². The van der Waals surface area contributed by atoms with Crippen LogP contribution in [0.5, 0.6) is 0 Å². The van der Waals surface area contributed by atoms with Crippen molar-refractivity contribution >= 4 is 17.6 Å². The normalized spacial score (nSPS) is 16.3. The molecule has 0 radical (unpaired) electrons. The molecular weight excluding hydrogens is 202 g/mol. The molecule has 1 aromatic heterocycles. The molecule has 88 valence electrons. The first-order valence-electron chi connectivity index (χ1n) is 5.93. The van der Waals surface area contributed by atoms with Crippen LogP contribution in [-0.2, 0) is 0 Å². The lowest BCUT2D eigenvalue weighted by atomic mass is 10.2. The van der Waals surface area contributed by atoms with Gasteiger partial charge in [0.1, 0.15) is 11.6 Å². The highest BCUT2D eigenvalue weighted by atomic mass is 15.1. The van der Waals surface area contributed by atoms with E-state index in [1.165, 1.54) is 25.7 Å². The van der Waals surface area contributed by atoms with E-state index in [2.05, 4.69) is 20.6 Å². The summed E-state index contributed by atoms with van der Waals surface area (Å²) in [6.07, 6.45) is 5.05. The van der Waals surface area contributed by atoms with Gasteiger partial charge < -0.3 is 16.4 Å². The molecule has 1 aliphatic carbocycles. The lowest BCUT2D eigenvalue weighted by Gasteiger charge is -2.13. The third kappa shape index (κ3) is 2.74. The standard InChI is InChI=1S/C11H19N5/c1-2-13-9-7-10(16-11(12)15-9)14-8-5-3-4-6-8/h7-8H,2-6H2,1H3,(H4,12,13,14,15,16). The number of anilines is 3. The maximum absolute atomic E-state index is 5.66. The van der Waals surface area contributed by atoms with Gasteiger partial charge in [-0.3, -0.25) is 0 Å². The van der Waals surface area contributed by atoms with Crippen molar-refractivity contribution in [3.63, 3.8) is 0 Å². The molecule has 0 unspecified atom stereocenters.